The molecular weight excluding hydrogens is 426 g/mol. The van der Waals surface area contributed by atoms with Crippen LogP contribution in [-0.2, 0) is 17.1 Å². The van der Waals surface area contributed by atoms with Crippen LogP contribution >= 0.6 is 0 Å². The Hall–Kier alpha value is -2.62. The Morgan fingerprint density at radius 3 is 2.13 bits per heavy atom. The molecule has 2 N–H and O–H groups in total. The molecule has 1 unspecified atom stereocenters. The average Bonchev–Trinajstić information content (AvgIpc) is 2.71. The van der Waals surface area contributed by atoms with Gasteiger partial charge in [0.2, 0.25) is 5.91 Å². The van der Waals surface area contributed by atoms with Crippen molar-refractivity contribution < 1.29 is 36.2 Å². The summed E-state index contributed by atoms with van der Waals surface area (Å²) in [6.07, 6.45) is -7.27. The van der Waals surface area contributed by atoms with Gasteiger partial charge >= 0.3 is 12.4 Å². The molecule has 1 fully saturated rings. The van der Waals surface area contributed by atoms with Crippen LogP contribution in [0.3, 0.4) is 0 Å². The van der Waals surface area contributed by atoms with E-state index >= 15 is 0 Å². The number of halogens is 6. The Balaban J connectivity index is 1.98. The molecule has 1 aliphatic rings. The number of hydrogen-bond donors (Lipinski definition) is 2. The highest BCUT2D eigenvalue weighted by molar-refractivity contribution is 5.79. The van der Waals surface area contributed by atoms with Crippen molar-refractivity contribution in [1.82, 2.24) is 10.3 Å². The summed E-state index contributed by atoms with van der Waals surface area (Å²) in [5.41, 5.74) is -2.50. The third-order valence-corrected chi connectivity index (χ3v) is 5.34. The molecule has 1 atom stereocenters. The number of hydrogen-bond acceptors (Lipinski definition) is 3. The average molecular weight is 446 g/mol. The van der Waals surface area contributed by atoms with Gasteiger partial charge in [-0.3, -0.25) is 9.78 Å². The molecule has 10 heteroatoms. The second kappa shape index (κ2) is 8.86. The molecule has 3 rings (SSSR count). The zero-order valence-corrected chi connectivity index (χ0v) is 16.2. The molecule has 1 amide bonds. The first kappa shape index (κ1) is 23.1. The second-order valence-corrected chi connectivity index (χ2v) is 7.50. The van der Waals surface area contributed by atoms with Gasteiger partial charge in [0.05, 0.1) is 29.0 Å². The van der Waals surface area contributed by atoms with Gasteiger partial charge in [-0.1, -0.05) is 12.1 Å². The van der Waals surface area contributed by atoms with Gasteiger partial charge in [-0.25, -0.2) is 0 Å². The van der Waals surface area contributed by atoms with Crippen molar-refractivity contribution in [3.05, 3.63) is 65.0 Å². The Labute approximate surface area is 174 Å². The summed E-state index contributed by atoms with van der Waals surface area (Å²) in [5.74, 6) is -1.05. The van der Waals surface area contributed by atoms with Gasteiger partial charge in [-0.2, -0.15) is 26.3 Å². The molecule has 0 radical (unpaired) electrons. The standard InChI is InChI=1S/C21H20F6N2O2/c22-20(23,24)14-7-3-12(4-8-14)17(18-16(21(25,26)27)2-1-11-28-18)29-19(31)13-5-9-15(30)10-6-13/h1-4,7-8,11,13,15,17,30H,5-6,9-10H2,(H,29,31). The minimum atomic E-state index is -4.77. The first-order valence-electron chi connectivity index (χ1n) is 9.64. The number of amides is 1. The van der Waals surface area contributed by atoms with Crippen molar-refractivity contribution >= 4 is 5.91 Å². The molecule has 1 heterocycles. The first-order valence-corrected chi connectivity index (χ1v) is 9.64. The molecule has 0 bridgehead atoms. The predicted molar refractivity (Wildman–Crippen MR) is 98.6 cm³/mol. The minimum absolute atomic E-state index is 0.0430. The largest absolute Gasteiger partial charge is 0.418 e. The fraction of sp³-hybridized carbons (Fsp3) is 0.429. The molecule has 0 spiro atoms. The Kier molecular flexibility index (Phi) is 6.59. The SMILES string of the molecule is O=C(NC(c1ccc(C(F)(F)F)cc1)c1ncccc1C(F)(F)F)C1CCC(O)CC1. The second-order valence-electron chi connectivity index (χ2n) is 7.50. The van der Waals surface area contributed by atoms with Crippen molar-refractivity contribution in [3.8, 4) is 0 Å². The lowest BCUT2D eigenvalue weighted by molar-refractivity contribution is -0.139. The molecule has 0 aliphatic heterocycles. The molecule has 0 saturated heterocycles. The maximum atomic E-state index is 13.6. The lowest BCUT2D eigenvalue weighted by Gasteiger charge is -2.28. The quantitative estimate of drug-likeness (QED) is 0.659. The molecule has 1 aromatic heterocycles. The van der Waals surface area contributed by atoms with Gasteiger partial charge in [0.1, 0.15) is 0 Å². The number of pyridine rings is 1. The molecule has 1 aromatic carbocycles. The van der Waals surface area contributed by atoms with Gasteiger partial charge in [0.15, 0.2) is 0 Å². The van der Waals surface area contributed by atoms with E-state index in [0.717, 1.165) is 42.6 Å². The Bertz CT molecular complexity index is 903. The zero-order valence-electron chi connectivity index (χ0n) is 16.2. The minimum Gasteiger partial charge on any atom is -0.393 e. The van der Waals surface area contributed by atoms with E-state index in [2.05, 4.69) is 10.3 Å². The van der Waals surface area contributed by atoms with Crippen LogP contribution in [0.15, 0.2) is 42.6 Å². The number of carbonyl (C=O) groups is 1. The van der Waals surface area contributed by atoms with E-state index in [9.17, 15) is 36.2 Å². The van der Waals surface area contributed by atoms with Crippen LogP contribution in [0.4, 0.5) is 26.3 Å². The molecule has 1 saturated carbocycles. The monoisotopic (exact) mass is 446 g/mol. The number of carbonyl (C=O) groups excluding carboxylic acids is 1. The van der Waals surface area contributed by atoms with Crippen molar-refractivity contribution in [2.75, 3.05) is 0 Å². The number of alkyl halides is 6. The van der Waals surface area contributed by atoms with Gasteiger partial charge < -0.3 is 10.4 Å². The van der Waals surface area contributed by atoms with Crippen molar-refractivity contribution in [1.29, 1.82) is 0 Å². The van der Waals surface area contributed by atoms with Crippen LogP contribution in [0, 0.1) is 5.92 Å². The summed E-state index contributed by atoms with van der Waals surface area (Å²) in [6, 6.07) is 4.09. The van der Waals surface area contributed by atoms with E-state index in [1.165, 1.54) is 0 Å². The maximum Gasteiger partial charge on any atom is 0.418 e. The highest BCUT2D eigenvalue weighted by Crippen LogP contribution is 2.37. The highest BCUT2D eigenvalue weighted by Gasteiger charge is 2.38. The predicted octanol–water partition coefficient (Wildman–Crippen LogP) is 4.88. The Morgan fingerprint density at radius 2 is 1.58 bits per heavy atom. The topological polar surface area (TPSA) is 62.2 Å². The van der Waals surface area contributed by atoms with Crippen molar-refractivity contribution in [2.24, 2.45) is 5.92 Å². The van der Waals surface area contributed by atoms with E-state index in [1.54, 1.807) is 0 Å². The number of aliphatic hydroxyl groups is 1. The fourth-order valence-corrected chi connectivity index (χ4v) is 3.66. The number of nitrogens with one attached hydrogen (secondary N) is 1. The zero-order chi connectivity index (χ0) is 22.8. The summed E-state index contributed by atoms with van der Waals surface area (Å²) in [6.45, 7) is 0. The number of benzene rings is 1. The molecule has 168 valence electrons. The smallest absolute Gasteiger partial charge is 0.393 e. The summed E-state index contributed by atoms with van der Waals surface area (Å²) >= 11 is 0. The first-order chi connectivity index (χ1) is 14.5. The van der Waals surface area contributed by atoms with Gasteiger partial charge in [0.25, 0.3) is 0 Å². The number of rotatable bonds is 4. The van der Waals surface area contributed by atoms with E-state index in [0.29, 0.717) is 25.7 Å². The molecule has 2 aromatic rings. The van der Waals surface area contributed by atoms with Gasteiger partial charge in [0, 0.05) is 12.1 Å². The third-order valence-electron chi connectivity index (χ3n) is 5.34. The van der Waals surface area contributed by atoms with E-state index in [1.807, 2.05) is 0 Å². The van der Waals surface area contributed by atoms with E-state index in [4.69, 9.17) is 0 Å². The third kappa shape index (κ3) is 5.55. The molecule has 1 aliphatic carbocycles. The van der Waals surface area contributed by atoms with E-state index < -0.39 is 53.1 Å². The summed E-state index contributed by atoms with van der Waals surface area (Å²) in [7, 11) is 0. The summed E-state index contributed by atoms with van der Waals surface area (Å²) in [4.78, 5) is 16.6. The highest BCUT2D eigenvalue weighted by atomic mass is 19.4. The van der Waals surface area contributed by atoms with Crippen molar-refractivity contribution in [2.45, 2.75) is 50.2 Å². The lowest BCUT2D eigenvalue weighted by Crippen LogP contribution is -2.38. The number of aromatic nitrogens is 1. The van der Waals surface area contributed by atoms with Crippen LogP contribution in [0.25, 0.3) is 0 Å². The van der Waals surface area contributed by atoms with Gasteiger partial charge in [-0.05, 0) is 55.5 Å². The summed E-state index contributed by atoms with van der Waals surface area (Å²) in [5, 5.41) is 12.1. The lowest BCUT2D eigenvalue weighted by atomic mass is 9.86. The van der Waals surface area contributed by atoms with Crippen LogP contribution in [0.5, 0.6) is 0 Å². The van der Waals surface area contributed by atoms with Crippen LogP contribution in [0.1, 0.15) is 54.1 Å². The van der Waals surface area contributed by atoms with Crippen molar-refractivity contribution in [3.63, 3.8) is 0 Å². The maximum absolute atomic E-state index is 13.6. The normalized spacial score (nSPS) is 20.9. The van der Waals surface area contributed by atoms with E-state index in [-0.39, 0.29) is 5.56 Å². The number of nitrogens with zero attached hydrogens (tertiary/aromatic N) is 1. The molecule has 4 nitrogen and oxygen atoms in total. The Morgan fingerprint density at radius 1 is 0.968 bits per heavy atom. The number of aliphatic hydroxyl groups excluding tert-OH is 1. The van der Waals surface area contributed by atoms with Crippen LogP contribution < -0.4 is 5.32 Å². The van der Waals surface area contributed by atoms with Crippen LogP contribution in [-0.4, -0.2) is 22.1 Å². The van der Waals surface area contributed by atoms with Crippen LogP contribution in [0.2, 0.25) is 0 Å². The fourth-order valence-electron chi connectivity index (χ4n) is 3.66. The molecular formula is C21H20F6N2O2. The van der Waals surface area contributed by atoms with Gasteiger partial charge in [-0.15, -0.1) is 0 Å². The molecule has 31 heavy (non-hydrogen) atoms. The summed E-state index contributed by atoms with van der Waals surface area (Å²) < 4.78 is 79.3.